The van der Waals surface area contributed by atoms with Gasteiger partial charge in [0.25, 0.3) is 0 Å². The van der Waals surface area contributed by atoms with E-state index in [9.17, 15) is 18.9 Å². The van der Waals surface area contributed by atoms with E-state index in [0.717, 1.165) is 18.2 Å². The molecular formula is C14H11F2NO4. The van der Waals surface area contributed by atoms with Crippen molar-refractivity contribution in [3.63, 3.8) is 0 Å². The average molecular weight is 295 g/mol. The van der Waals surface area contributed by atoms with Crippen LogP contribution < -0.4 is 4.74 Å². The van der Waals surface area contributed by atoms with Crippen molar-refractivity contribution in [3.05, 3.63) is 69.3 Å². The Kier molecular flexibility index (Phi) is 4.44. The summed E-state index contributed by atoms with van der Waals surface area (Å²) in [5.74, 6) is -1.48. The second kappa shape index (κ2) is 6.27. The Balaban J connectivity index is 2.19. The van der Waals surface area contributed by atoms with Crippen molar-refractivity contribution in [3.8, 4) is 5.75 Å². The molecule has 21 heavy (non-hydrogen) atoms. The molecule has 0 radical (unpaired) electrons. The molecule has 0 aromatic heterocycles. The van der Waals surface area contributed by atoms with E-state index in [-0.39, 0.29) is 24.5 Å². The molecule has 2 rings (SSSR count). The standard InChI is InChI=1S/C14H11F2NO4/c15-11-4-9(7-18)5-12(6-11)21-8-10-2-1-3-13(14(10)16)17(19)20/h1-6,18H,7-8H2. The molecule has 0 saturated carbocycles. The summed E-state index contributed by atoms with van der Waals surface area (Å²) < 4.78 is 32.3. The zero-order chi connectivity index (χ0) is 15.4. The van der Waals surface area contributed by atoms with Crippen LogP contribution in [-0.2, 0) is 13.2 Å². The molecule has 1 N–H and O–H groups in total. The van der Waals surface area contributed by atoms with Gasteiger partial charge in [-0.3, -0.25) is 10.1 Å². The maximum atomic E-state index is 13.8. The van der Waals surface area contributed by atoms with Gasteiger partial charge < -0.3 is 9.84 Å². The van der Waals surface area contributed by atoms with Crippen LogP contribution in [0.1, 0.15) is 11.1 Å². The first-order chi connectivity index (χ1) is 10.0. The second-order valence-corrected chi connectivity index (χ2v) is 4.25. The van der Waals surface area contributed by atoms with E-state index in [0.29, 0.717) is 5.56 Å². The Morgan fingerprint density at radius 3 is 2.67 bits per heavy atom. The molecular weight excluding hydrogens is 284 g/mol. The molecule has 0 heterocycles. The average Bonchev–Trinajstić information content (AvgIpc) is 2.45. The lowest BCUT2D eigenvalue weighted by molar-refractivity contribution is -0.387. The number of rotatable bonds is 5. The first-order valence-corrected chi connectivity index (χ1v) is 5.96. The van der Waals surface area contributed by atoms with E-state index in [1.165, 1.54) is 18.2 Å². The highest BCUT2D eigenvalue weighted by atomic mass is 19.1. The zero-order valence-electron chi connectivity index (χ0n) is 10.8. The molecule has 7 heteroatoms. The van der Waals surface area contributed by atoms with Gasteiger partial charge in [-0.25, -0.2) is 4.39 Å². The molecule has 5 nitrogen and oxygen atoms in total. The van der Waals surface area contributed by atoms with E-state index in [1.807, 2.05) is 0 Å². The molecule has 0 unspecified atom stereocenters. The van der Waals surface area contributed by atoms with Gasteiger partial charge in [-0.2, -0.15) is 4.39 Å². The summed E-state index contributed by atoms with van der Waals surface area (Å²) >= 11 is 0. The first kappa shape index (κ1) is 14.9. The summed E-state index contributed by atoms with van der Waals surface area (Å²) in [5.41, 5.74) is -0.352. The van der Waals surface area contributed by atoms with E-state index in [1.54, 1.807) is 0 Å². The summed E-state index contributed by atoms with van der Waals surface area (Å²) in [6, 6.07) is 7.34. The van der Waals surface area contributed by atoms with E-state index in [4.69, 9.17) is 9.84 Å². The highest BCUT2D eigenvalue weighted by molar-refractivity contribution is 5.37. The fourth-order valence-corrected chi connectivity index (χ4v) is 1.78. The van der Waals surface area contributed by atoms with Crippen LogP contribution in [0.3, 0.4) is 0 Å². The van der Waals surface area contributed by atoms with Crippen LogP contribution in [0.15, 0.2) is 36.4 Å². The van der Waals surface area contributed by atoms with Gasteiger partial charge in [-0.15, -0.1) is 0 Å². The first-order valence-electron chi connectivity index (χ1n) is 5.96. The number of hydrogen-bond donors (Lipinski definition) is 1. The number of hydrogen-bond acceptors (Lipinski definition) is 4. The third-order valence-electron chi connectivity index (χ3n) is 2.76. The monoisotopic (exact) mass is 295 g/mol. The maximum absolute atomic E-state index is 13.8. The van der Waals surface area contributed by atoms with Gasteiger partial charge in [0.2, 0.25) is 5.82 Å². The van der Waals surface area contributed by atoms with Crippen LogP contribution in [0.25, 0.3) is 0 Å². The summed E-state index contributed by atoms with van der Waals surface area (Å²) in [5, 5.41) is 19.6. The topological polar surface area (TPSA) is 72.6 Å². The SMILES string of the molecule is O=[N+]([O-])c1cccc(COc2cc(F)cc(CO)c2)c1F. The van der Waals surface area contributed by atoms with Crippen molar-refractivity contribution in [1.29, 1.82) is 0 Å². The quantitative estimate of drug-likeness (QED) is 0.680. The fraction of sp³-hybridized carbons (Fsp3) is 0.143. The molecule has 0 aliphatic rings. The molecule has 110 valence electrons. The van der Waals surface area contributed by atoms with E-state index in [2.05, 4.69) is 0 Å². The van der Waals surface area contributed by atoms with E-state index >= 15 is 0 Å². The Labute approximate surface area is 118 Å². The van der Waals surface area contributed by atoms with Crippen molar-refractivity contribution < 1.29 is 23.5 Å². The lowest BCUT2D eigenvalue weighted by atomic mass is 10.2. The minimum atomic E-state index is -0.985. The molecule has 0 aliphatic heterocycles. The Morgan fingerprint density at radius 2 is 2.00 bits per heavy atom. The number of aliphatic hydroxyl groups excluding tert-OH is 1. The van der Waals surface area contributed by atoms with Crippen molar-refractivity contribution in [2.24, 2.45) is 0 Å². The third kappa shape index (κ3) is 3.51. The van der Waals surface area contributed by atoms with Gasteiger partial charge in [0.15, 0.2) is 0 Å². The van der Waals surface area contributed by atoms with Crippen LogP contribution >= 0.6 is 0 Å². The lowest BCUT2D eigenvalue weighted by Crippen LogP contribution is -2.02. The molecule has 2 aromatic rings. The number of ether oxygens (including phenoxy) is 1. The number of nitro groups is 1. The smallest absolute Gasteiger partial charge is 0.305 e. The summed E-state index contributed by atoms with van der Waals surface area (Å²) in [7, 11) is 0. The van der Waals surface area contributed by atoms with Gasteiger partial charge in [0, 0.05) is 17.7 Å². The minimum Gasteiger partial charge on any atom is -0.489 e. The van der Waals surface area contributed by atoms with Crippen molar-refractivity contribution in [2.75, 3.05) is 0 Å². The molecule has 2 aromatic carbocycles. The van der Waals surface area contributed by atoms with Gasteiger partial charge in [0.05, 0.1) is 11.5 Å². The number of halogens is 2. The summed E-state index contributed by atoms with van der Waals surface area (Å²) in [4.78, 5) is 9.80. The number of nitro benzene ring substituents is 1. The number of benzene rings is 2. The van der Waals surface area contributed by atoms with Crippen LogP contribution in [0.4, 0.5) is 14.5 Å². The van der Waals surface area contributed by atoms with Gasteiger partial charge in [0.1, 0.15) is 18.2 Å². The highest BCUT2D eigenvalue weighted by Gasteiger charge is 2.17. The van der Waals surface area contributed by atoms with Crippen molar-refractivity contribution >= 4 is 5.69 Å². The number of nitrogens with zero attached hydrogens (tertiary/aromatic N) is 1. The fourth-order valence-electron chi connectivity index (χ4n) is 1.78. The van der Waals surface area contributed by atoms with Gasteiger partial charge in [-0.05, 0) is 17.7 Å². The van der Waals surface area contributed by atoms with Crippen LogP contribution in [0.2, 0.25) is 0 Å². The maximum Gasteiger partial charge on any atom is 0.305 e. The summed E-state index contributed by atoms with van der Waals surface area (Å²) in [6.45, 7) is -0.652. The van der Waals surface area contributed by atoms with Gasteiger partial charge >= 0.3 is 5.69 Å². The largest absolute Gasteiger partial charge is 0.489 e. The predicted octanol–water partition coefficient (Wildman–Crippen LogP) is 2.94. The van der Waals surface area contributed by atoms with Crippen LogP contribution in [0.5, 0.6) is 5.75 Å². The van der Waals surface area contributed by atoms with Crippen LogP contribution in [0, 0.1) is 21.7 Å². The molecule has 0 saturated heterocycles. The number of aliphatic hydroxyl groups is 1. The predicted molar refractivity (Wildman–Crippen MR) is 69.7 cm³/mol. The Bertz CT molecular complexity index is 676. The highest BCUT2D eigenvalue weighted by Crippen LogP contribution is 2.23. The Hall–Kier alpha value is -2.54. The van der Waals surface area contributed by atoms with Crippen LogP contribution in [-0.4, -0.2) is 10.0 Å². The second-order valence-electron chi connectivity index (χ2n) is 4.25. The molecule has 0 spiro atoms. The molecule has 0 atom stereocenters. The molecule has 0 fully saturated rings. The zero-order valence-corrected chi connectivity index (χ0v) is 10.8. The molecule has 0 aliphatic carbocycles. The summed E-state index contributed by atoms with van der Waals surface area (Å²) in [6.07, 6.45) is 0. The van der Waals surface area contributed by atoms with Gasteiger partial charge in [-0.1, -0.05) is 12.1 Å². The van der Waals surface area contributed by atoms with Crippen molar-refractivity contribution in [1.82, 2.24) is 0 Å². The normalized spacial score (nSPS) is 10.4. The third-order valence-corrected chi connectivity index (χ3v) is 2.76. The minimum absolute atomic E-state index is 0.0148. The lowest BCUT2D eigenvalue weighted by Gasteiger charge is -2.08. The molecule has 0 amide bonds. The molecule has 0 bridgehead atoms. The van der Waals surface area contributed by atoms with E-state index < -0.39 is 22.2 Å². The Morgan fingerprint density at radius 1 is 1.24 bits per heavy atom. The van der Waals surface area contributed by atoms with Crippen molar-refractivity contribution in [2.45, 2.75) is 13.2 Å².